The van der Waals surface area contributed by atoms with Gasteiger partial charge in [0.05, 0.1) is 5.92 Å². The third kappa shape index (κ3) is 3.32. The molecule has 0 saturated carbocycles. The summed E-state index contributed by atoms with van der Waals surface area (Å²) in [5.74, 6) is -3.94. The summed E-state index contributed by atoms with van der Waals surface area (Å²) in [5, 5.41) is 0. The summed E-state index contributed by atoms with van der Waals surface area (Å²) < 4.78 is 36.7. The van der Waals surface area contributed by atoms with E-state index in [1.54, 1.807) is 13.8 Å². The molecule has 0 aromatic carbocycles. The Hall–Kier alpha value is -2.40. The van der Waals surface area contributed by atoms with Gasteiger partial charge in [-0.2, -0.15) is 0 Å². The van der Waals surface area contributed by atoms with Gasteiger partial charge in [-0.15, -0.1) is 11.6 Å². The summed E-state index contributed by atoms with van der Waals surface area (Å²) >= 11 is 5.59. The van der Waals surface area contributed by atoms with Crippen molar-refractivity contribution in [2.45, 2.75) is 44.1 Å². The van der Waals surface area contributed by atoms with E-state index < -0.39 is 66.2 Å². The number of carbonyl (C=O) groups excluding carboxylic acids is 2. The molecule has 12 heteroatoms. The molecule has 0 unspecified atom stereocenters. The predicted molar refractivity (Wildman–Crippen MR) is 85.7 cm³/mol. The highest BCUT2D eigenvalue weighted by Gasteiger charge is 2.65. The van der Waals surface area contributed by atoms with Gasteiger partial charge in [-0.25, -0.2) is 18.5 Å². The largest absolute Gasteiger partial charge is 0.509 e. The number of carbonyl (C=O) groups is 2. The van der Waals surface area contributed by atoms with Gasteiger partial charge in [0.2, 0.25) is 6.10 Å². The van der Waals surface area contributed by atoms with E-state index >= 15 is 4.39 Å². The number of hydrogen-bond donors (Lipinski definition) is 0. The highest BCUT2D eigenvalue weighted by Crippen LogP contribution is 2.44. The van der Waals surface area contributed by atoms with E-state index in [4.69, 9.17) is 30.5 Å². The van der Waals surface area contributed by atoms with E-state index in [2.05, 4.69) is 0 Å². The van der Waals surface area contributed by atoms with E-state index in [0.29, 0.717) is 4.57 Å². The average molecular weight is 407 g/mol. The standard InChI is InChI=1S/C15H16ClFN2O8/c1-7(2)12(21)24-5-15(17)10-9(25-14(23)26-10)11(27-15)18-4-3-8(20)19(6-16)13(18)22/h3-4,7,9-11H,5-6H2,1-2H3/t9-,10+,11-,15-/m1/s1. The molecule has 2 saturated heterocycles. The Balaban J connectivity index is 1.94. The smallest absolute Gasteiger partial charge is 0.459 e. The molecule has 0 N–H and O–H groups in total. The van der Waals surface area contributed by atoms with Gasteiger partial charge in [0.15, 0.2) is 18.9 Å². The number of fused-ring (bicyclic) bond motifs is 1. The summed E-state index contributed by atoms with van der Waals surface area (Å²) in [6, 6.07) is 0.583. The molecule has 2 aliphatic heterocycles. The fourth-order valence-electron chi connectivity index (χ4n) is 2.75. The Morgan fingerprint density at radius 2 is 2.07 bits per heavy atom. The van der Waals surface area contributed by atoms with E-state index in [0.717, 1.165) is 16.8 Å². The molecule has 148 valence electrons. The molecule has 1 aromatic heterocycles. The molecule has 0 radical (unpaired) electrons. The molecule has 10 nitrogen and oxygen atoms in total. The van der Waals surface area contributed by atoms with Crippen LogP contribution in [-0.2, 0) is 29.7 Å². The van der Waals surface area contributed by atoms with E-state index in [1.807, 2.05) is 0 Å². The molecular weight excluding hydrogens is 391 g/mol. The fraction of sp³-hybridized carbons (Fsp3) is 0.600. The van der Waals surface area contributed by atoms with Crippen molar-refractivity contribution in [2.75, 3.05) is 6.61 Å². The number of esters is 1. The summed E-state index contributed by atoms with van der Waals surface area (Å²) in [6.07, 6.45) is -4.45. The van der Waals surface area contributed by atoms with Crippen LogP contribution >= 0.6 is 11.6 Å². The van der Waals surface area contributed by atoms with Gasteiger partial charge in [-0.05, 0) is 0 Å². The van der Waals surface area contributed by atoms with Crippen LogP contribution in [0.4, 0.5) is 9.18 Å². The Morgan fingerprint density at radius 3 is 2.70 bits per heavy atom. The predicted octanol–water partition coefficient (Wildman–Crippen LogP) is 0.504. The minimum Gasteiger partial charge on any atom is -0.459 e. The van der Waals surface area contributed by atoms with Crippen molar-refractivity contribution >= 4 is 23.7 Å². The summed E-state index contributed by atoms with van der Waals surface area (Å²) in [7, 11) is 0. The minimum absolute atomic E-state index is 0.442. The molecule has 27 heavy (non-hydrogen) atoms. The van der Waals surface area contributed by atoms with Crippen LogP contribution in [0.1, 0.15) is 20.1 Å². The molecule has 0 spiro atoms. The van der Waals surface area contributed by atoms with Crippen LogP contribution in [0.25, 0.3) is 0 Å². The van der Waals surface area contributed by atoms with Crippen molar-refractivity contribution in [2.24, 2.45) is 5.92 Å². The zero-order valence-electron chi connectivity index (χ0n) is 14.3. The third-order valence-corrected chi connectivity index (χ3v) is 4.39. The van der Waals surface area contributed by atoms with E-state index in [1.165, 1.54) is 0 Å². The molecule has 0 amide bonds. The summed E-state index contributed by atoms with van der Waals surface area (Å²) in [4.78, 5) is 47.2. The van der Waals surface area contributed by atoms with Crippen LogP contribution in [0, 0.1) is 5.92 Å². The first kappa shape index (κ1) is 19.4. The van der Waals surface area contributed by atoms with Gasteiger partial charge in [-0.3, -0.25) is 14.2 Å². The molecule has 3 heterocycles. The monoisotopic (exact) mass is 406 g/mol. The lowest BCUT2D eigenvalue weighted by Crippen LogP contribution is -2.43. The van der Waals surface area contributed by atoms with Crippen molar-refractivity contribution in [3.8, 4) is 0 Å². The van der Waals surface area contributed by atoms with E-state index in [9.17, 15) is 19.2 Å². The van der Waals surface area contributed by atoms with Gasteiger partial charge < -0.3 is 18.9 Å². The summed E-state index contributed by atoms with van der Waals surface area (Å²) in [5.41, 5.74) is -1.56. The Bertz CT molecular complexity index is 883. The molecule has 1 aromatic rings. The van der Waals surface area contributed by atoms with Crippen molar-refractivity contribution < 1.29 is 32.9 Å². The van der Waals surface area contributed by atoms with Crippen LogP contribution in [-0.4, -0.2) is 45.9 Å². The van der Waals surface area contributed by atoms with Crippen molar-refractivity contribution in [3.05, 3.63) is 33.1 Å². The van der Waals surface area contributed by atoms with E-state index in [-0.39, 0.29) is 0 Å². The Labute approximate surface area is 156 Å². The molecule has 2 fully saturated rings. The van der Waals surface area contributed by atoms with Crippen LogP contribution in [0.3, 0.4) is 0 Å². The molecule has 2 aliphatic rings. The molecule has 0 aliphatic carbocycles. The van der Waals surface area contributed by atoms with Crippen LogP contribution < -0.4 is 11.2 Å². The second-order valence-electron chi connectivity index (χ2n) is 6.32. The van der Waals surface area contributed by atoms with Gasteiger partial charge in [0.25, 0.3) is 11.4 Å². The Kier molecular flexibility index (Phi) is 5.00. The van der Waals surface area contributed by atoms with Gasteiger partial charge in [0, 0.05) is 12.3 Å². The lowest BCUT2D eigenvalue weighted by Gasteiger charge is -2.24. The second-order valence-corrected chi connectivity index (χ2v) is 6.56. The maximum absolute atomic E-state index is 15.3. The SMILES string of the molecule is CC(C)C(=O)OC[C@@]1(F)O[C@@H](n2ccc(=O)n(CCl)c2=O)[C@@H]2OC(=O)O[C@@H]21. The number of nitrogens with zero attached hydrogens (tertiary/aromatic N) is 2. The van der Waals surface area contributed by atoms with Crippen molar-refractivity contribution in [1.82, 2.24) is 9.13 Å². The molecule has 3 rings (SSSR count). The zero-order valence-corrected chi connectivity index (χ0v) is 15.1. The molecular formula is C15H16ClFN2O8. The second kappa shape index (κ2) is 6.97. The quantitative estimate of drug-likeness (QED) is 0.513. The third-order valence-electron chi connectivity index (χ3n) is 4.15. The maximum Gasteiger partial charge on any atom is 0.509 e. The van der Waals surface area contributed by atoms with Crippen LogP contribution in [0.5, 0.6) is 0 Å². The number of ether oxygens (including phenoxy) is 4. The highest BCUT2D eigenvalue weighted by molar-refractivity contribution is 6.15. The highest BCUT2D eigenvalue weighted by atomic mass is 35.5. The average Bonchev–Trinajstić information content (AvgIpc) is 3.11. The lowest BCUT2D eigenvalue weighted by atomic mass is 10.1. The van der Waals surface area contributed by atoms with Crippen molar-refractivity contribution in [1.29, 1.82) is 0 Å². The first-order chi connectivity index (χ1) is 12.7. The lowest BCUT2D eigenvalue weighted by molar-refractivity contribution is -0.220. The number of aromatic nitrogens is 2. The first-order valence-electron chi connectivity index (χ1n) is 7.96. The molecule has 0 bridgehead atoms. The van der Waals surface area contributed by atoms with Crippen molar-refractivity contribution in [3.63, 3.8) is 0 Å². The molecule has 4 atom stereocenters. The normalized spacial score (nSPS) is 29.4. The fourth-order valence-corrected chi connectivity index (χ4v) is 2.97. The van der Waals surface area contributed by atoms with Gasteiger partial charge in [-0.1, -0.05) is 13.8 Å². The zero-order chi connectivity index (χ0) is 19.9. The van der Waals surface area contributed by atoms with Crippen LogP contribution in [0.15, 0.2) is 21.9 Å². The Morgan fingerprint density at radius 1 is 1.37 bits per heavy atom. The number of rotatable bonds is 5. The number of alkyl halides is 2. The topological polar surface area (TPSA) is 115 Å². The number of hydrogen-bond acceptors (Lipinski definition) is 8. The van der Waals surface area contributed by atoms with Gasteiger partial charge in [0.1, 0.15) is 6.00 Å². The first-order valence-corrected chi connectivity index (χ1v) is 8.50. The summed E-state index contributed by atoms with van der Waals surface area (Å²) in [6.45, 7) is 2.24. The minimum atomic E-state index is -2.74. The van der Waals surface area contributed by atoms with Crippen LogP contribution in [0.2, 0.25) is 0 Å². The van der Waals surface area contributed by atoms with Gasteiger partial charge >= 0.3 is 17.8 Å². The maximum atomic E-state index is 15.3. The number of halogens is 2.